The van der Waals surface area contributed by atoms with Gasteiger partial charge in [0.2, 0.25) is 5.82 Å². The lowest BCUT2D eigenvalue weighted by atomic mass is 9.95. The van der Waals surface area contributed by atoms with Gasteiger partial charge in [-0.05, 0) is 59.7 Å². The maximum atomic E-state index is 13.9. The van der Waals surface area contributed by atoms with Crippen molar-refractivity contribution in [2.24, 2.45) is 0 Å². The zero-order valence-electron chi connectivity index (χ0n) is 24.0. The monoisotopic (exact) mass is 694 g/mol. The zero-order valence-corrected chi connectivity index (χ0v) is 25.5. The molecule has 2 aromatic carbocycles. The van der Waals surface area contributed by atoms with Crippen molar-refractivity contribution in [1.82, 2.24) is 40.3 Å². The molecule has 5 rings (SSSR count). The van der Waals surface area contributed by atoms with E-state index in [1.165, 1.54) is 47.3 Å². The lowest BCUT2D eigenvalue weighted by Crippen LogP contribution is -2.26. The normalized spacial score (nSPS) is 11.6. The summed E-state index contributed by atoms with van der Waals surface area (Å²) in [6.45, 7) is 1.07. The maximum absolute atomic E-state index is 13.9. The topological polar surface area (TPSA) is 130 Å². The third-order valence-corrected chi connectivity index (χ3v) is 7.12. The number of tetrazole rings is 1. The molecule has 1 N–H and O–H groups in total. The number of ether oxygens (including phenoxy) is 1. The number of carbonyl (C=O) groups is 2. The fraction of sp³-hybridized carbons (Fsp3) is 0.207. The summed E-state index contributed by atoms with van der Waals surface area (Å²) in [7, 11) is 0. The van der Waals surface area contributed by atoms with Crippen LogP contribution in [-0.2, 0) is 19.5 Å². The fourth-order valence-electron chi connectivity index (χ4n) is 4.56. The predicted molar refractivity (Wildman–Crippen MR) is 157 cm³/mol. The Labute approximate surface area is 272 Å². The molecule has 0 fully saturated rings. The highest BCUT2D eigenvalue weighted by Gasteiger charge is 2.32. The van der Waals surface area contributed by atoms with Crippen LogP contribution in [0.4, 0.5) is 22.0 Å². The fourth-order valence-corrected chi connectivity index (χ4v) is 5.04. The summed E-state index contributed by atoms with van der Waals surface area (Å²) >= 11 is 12.6. The second-order valence-electron chi connectivity index (χ2n) is 9.91. The van der Waals surface area contributed by atoms with Gasteiger partial charge in [-0.2, -0.15) is 9.90 Å². The van der Waals surface area contributed by atoms with Crippen LogP contribution in [0, 0.1) is 6.92 Å². The van der Waals surface area contributed by atoms with Crippen LogP contribution in [0.5, 0.6) is 5.75 Å². The molecule has 0 aliphatic carbocycles. The van der Waals surface area contributed by atoms with Crippen molar-refractivity contribution >= 4 is 34.9 Å². The van der Waals surface area contributed by atoms with Gasteiger partial charge in [-0.1, -0.05) is 41.4 Å². The minimum atomic E-state index is -4.94. The van der Waals surface area contributed by atoms with Crippen LogP contribution in [0.15, 0.2) is 60.8 Å². The minimum Gasteiger partial charge on any atom is -0.405 e. The summed E-state index contributed by atoms with van der Waals surface area (Å²) in [5, 5.41) is 17.8. The Morgan fingerprint density at radius 2 is 1.81 bits per heavy atom. The van der Waals surface area contributed by atoms with Crippen LogP contribution in [0.3, 0.4) is 0 Å². The average Bonchev–Trinajstić information content (AvgIpc) is 3.65. The number of nitrogens with one attached hydrogen (secondary N) is 1. The number of alkyl halides is 5. The first kappa shape index (κ1) is 33.4. The highest BCUT2D eigenvalue weighted by molar-refractivity contribution is 6.32. The summed E-state index contributed by atoms with van der Waals surface area (Å²) in [6, 6.07) is 12.7. The number of benzene rings is 2. The van der Waals surface area contributed by atoms with E-state index in [0.29, 0.717) is 5.56 Å². The number of para-hydroxylation sites is 1. The number of halogens is 7. The first-order valence-electron chi connectivity index (χ1n) is 13.5. The molecule has 3 aromatic heterocycles. The number of amides is 1. The number of Topliss-reactive ketones (excluding diaryl/α,β-unsaturated/α-hetero) is 1. The van der Waals surface area contributed by atoms with Gasteiger partial charge in [-0.15, -0.1) is 23.4 Å². The Hall–Kier alpha value is -4.96. The maximum Gasteiger partial charge on any atom is 0.573 e. The van der Waals surface area contributed by atoms with Crippen LogP contribution < -0.4 is 10.1 Å². The standard InChI is InChI=1S/C29H21Cl2F5N8O3/c1-15-9-17(30)10-20(28(46)38-13-16-5-2-3-7-24(16)47-29(34,35)36)19(15)12-23(45)22-11-18(14-43-41-26(25(32)33)39-42-43)40-44(22)27-21(31)6-4-8-37-27/h2-11,25H,12-14H2,1H3,(H,38,46). The van der Waals surface area contributed by atoms with Crippen molar-refractivity contribution in [2.75, 3.05) is 0 Å². The van der Waals surface area contributed by atoms with E-state index in [1.807, 2.05) is 0 Å². The third kappa shape index (κ3) is 8.07. The van der Waals surface area contributed by atoms with Crippen LogP contribution in [-0.4, -0.2) is 53.0 Å². The van der Waals surface area contributed by atoms with Gasteiger partial charge in [0.15, 0.2) is 11.6 Å². The number of hydrogen-bond acceptors (Lipinski definition) is 8. The minimum absolute atomic E-state index is 0.00562. The molecular formula is C29H21Cl2F5N8O3. The molecule has 11 nitrogen and oxygen atoms in total. The molecule has 0 bridgehead atoms. The average molecular weight is 695 g/mol. The summed E-state index contributed by atoms with van der Waals surface area (Å²) < 4.78 is 69.8. The number of carbonyl (C=O) groups excluding carboxylic acids is 2. The molecule has 3 heterocycles. The van der Waals surface area contributed by atoms with Gasteiger partial charge in [0.05, 0.1) is 10.7 Å². The van der Waals surface area contributed by atoms with Crippen LogP contribution in [0.2, 0.25) is 10.0 Å². The quantitative estimate of drug-likeness (QED) is 0.130. The van der Waals surface area contributed by atoms with E-state index >= 15 is 0 Å². The molecule has 0 radical (unpaired) electrons. The molecule has 1 amide bonds. The van der Waals surface area contributed by atoms with E-state index in [9.17, 15) is 31.5 Å². The first-order valence-corrected chi connectivity index (χ1v) is 14.2. The number of hydrogen-bond donors (Lipinski definition) is 1. The van der Waals surface area contributed by atoms with E-state index in [-0.39, 0.29) is 63.5 Å². The smallest absolute Gasteiger partial charge is 0.405 e. The van der Waals surface area contributed by atoms with Gasteiger partial charge in [0.1, 0.15) is 18.0 Å². The van der Waals surface area contributed by atoms with Crippen molar-refractivity contribution < 1.29 is 36.3 Å². The first-order chi connectivity index (χ1) is 22.3. The van der Waals surface area contributed by atoms with Crippen LogP contribution in [0.25, 0.3) is 5.82 Å². The lowest BCUT2D eigenvalue weighted by molar-refractivity contribution is -0.274. The summed E-state index contributed by atoms with van der Waals surface area (Å²) in [6.07, 6.45) is -6.81. The number of pyridine rings is 1. The largest absolute Gasteiger partial charge is 0.573 e. The van der Waals surface area contributed by atoms with Crippen molar-refractivity contribution in [1.29, 1.82) is 0 Å². The molecule has 244 valence electrons. The molecule has 0 saturated heterocycles. The second kappa shape index (κ2) is 13.8. The third-order valence-electron chi connectivity index (χ3n) is 6.61. The van der Waals surface area contributed by atoms with Gasteiger partial charge in [-0.25, -0.2) is 18.4 Å². The Balaban J connectivity index is 1.45. The molecule has 0 spiro atoms. The Morgan fingerprint density at radius 3 is 2.51 bits per heavy atom. The van der Waals surface area contributed by atoms with E-state index < -0.39 is 36.1 Å². The van der Waals surface area contributed by atoms with Crippen molar-refractivity contribution in [3.63, 3.8) is 0 Å². The van der Waals surface area contributed by atoms with E-state index in [2.05, 4.69) is 35.5 Å². The second-order valence-corrected chi connectivity index (χ2v) is 10.8. The van der Waals surface area contributed by atoms with Gasteiger partial charge < -0.3 is 10.1 Å². The van der Waals surface area contributed by atoms with Crippen LogP contribution >= 0.6 is 23.2 Å². The number of aromatic nitrogens is 7. The number of rotatable bonds is 11. The summed E-state index contributed by atoms with van der Waals surface area (Å²) in [5.74, 6) is -2.44. The van der Waals surface area contributed by atoms with Crippen molar-refractivity contribution in [3.05, 3.63) is 110 Å². The molecule has 0 saturated carbocycles. The Morgan fingerprint density at radius 1 is 1.04 bits per heavy atom. The number of aryl methyl sites for hydroxylation is 1. The Bertz CT molecular complexity index is 1950. The molecule has 5 aromatic rings. The molecule has 47 heavy (non-hydrogen) atoms. The van der Waals surface area contributed by atoms with E-state index in [1.54, 1.807) is 19.1 Å². The molecule has 18 heteroatoms. The van der Waals surface area contributed by atoms with Gasteiger partial charge in [0, 0.05) is 35.3 Å². The highest BCUT2D eigenvalue weighted by atomic mass is 35.5. The number of nitrogens with zero attached hydrogens (tertiary/aromatic N) is 7. The molecule has 0 aliphatic heterocycles. The van der Waals surface area contributed by atoms with E-state index in [4.69, 9.17) is 23.2 Å². The highest BCUT2D eigenvalue weighted by Crippen LogP contribution is 2.28. The van der Waals surface area contributed by atoms with Gasteiger partial charge >= 0.3 is 12.8 Å². The predicted octanol–water partition coefficient (Wildman–Crippen LogP) is 6.11. The van der Waals surface area contributed by atoms with Crippen LogP contribution in [0.1, 0.15) is 55.5 Å². The Kier molecular flexibility index (Phi) is 9.81. The van der Waals surface area contributed by atoms with E-state index in [0.717, 1.165) is 10.9 Å². The summed E-state index contributed by atoms with van der Waals surface area (Å²) in [5.41, 5.74) is 0.974. The van der Waals surface area contributed by atoms with Gasteiger partial charge in [0.25, 0.3) is 5.91 Å². The molecule has 0 atom stereocenters. The number of ketones is 1. The lowest BCUT2D eigenvalue weighted by Gasteiger charge is -2.16. The van der Waals surface area contributed by atoms with Gasteiger partial charge in [-0.3, -0.25) is 9.59 Å². The van der Waals surface area contributed by atoms with Crippen molar-refractivity contribution in [2.45, 2.75) is 39.2 Å². The molecule has 0 unspecified atom stereocenters. The molecular weight excluding hydrogens is 674 g/mol. The zero-order chi connectivity index (χ0) is 33.9. The SMILES string of the molecule is Cc1cc(Cl)cc(C(=O)NCc2ccccc2OC(F)(F)F)c1CC(=O)c1cc(Cn2nnc(C(F)F)n2)nn1-c1ncccc1Cl. The summed E-state index contributed by atoms with van der Waals surface area (Å²) in [4.78, 5) is 32.4. The molecule has 0 aliphatic rings. The van der Waals surface area contributed by atoms with Crippen molar-refractivity contribution in [3.8, 4) is 11.6 Å².